The summed E-state index contributed by atoms with van der Waals surface area (Å²) < 4.78 is 34.8. The minimum Gasteiger partial charge on any atom is -0.372 e. The summed E-state index contributed by atoms with van der Waals surface area (Å²) in [6.07, 6.45) is 0. The molecule has 2 aromatic rings. The summed E-state index contributed by atoms with van der Waals surface area (Å²) in [5, 5.41) is 9.80. The fourth-order valence-electron chi connectivity index (χ4n) is 2.12. The number of nitrogens with two attached hydrogens (primary N) is 1. The van der Waals surface area contributed by atoms with Crippen molar-refractivity contribution >= 4 is 21.8 Å². The standard InChI is InChI=1S/C9H11N3O.C7H8O3S/c10-9(11)12-8-2-1-6-4-13-5-7(6)3-8;1-6-2-4-7(5-3-6)11(8,9)10/h1-3H,4-5H2,(H4,10,11,12);2-5H,1H3,(H,8,9,10). The van der Waals surface area contributed by atoms with Crippen LogP contribution in [0.15, 0.2) is 47.4 Å². The first kappa shape index (κ1) is 17.9. The van der Waals surface area contributed by atoms with E-state index < -0.39 is 10.1 Å². The predicted molar refractivity (Wildman–Crippen MR) is 91.5 cm³/mol. The lowest BCUT2D eigenvalue weighted by Crippen LogP contribution is -2.20. The highest BCUT2D eigenvalue weighted by Crippen LogP contribution is 2.22. The minimum atomic E-state index is -4.02. The van der Waals surface area contributed by atoms with E-state index in [1.165, 1.54) is 23.3 Å². The maximum absolute atomic E-state index is 10.5. The molecular weight excluding hydrogens is 330 g/mol. The molecule has 0 saturated heterocycles. The molecule has 0 amide bonds. The zero-order valence-electron chi connectivity index (χ0n) is 13.1. The average molecular weight is 349 g/mol. The van der Waals surface area contributed by atoms with Gasteiger partial charge < -0.3 is 15.8 Å². The van der Waals surface area contributed by atoms with E-state index in [1.807, 2.05) is 25.1 Å². The lowest BCUT2D eigenvalue weighted by molar-refractivity contribution is 0.134. The number of ether oxygens (including phenoxy) is 1. The van der Waals surface area contributed by atoms with Gasteiger partial charge in [-0.1, -0.05) is 23.8 Å². The van der Waals surface area contributed by atoms with Gasteiger partial charge in [-0.05, 0) is 42.3 Å². The molecule has 7 nitrogen and oxygen atoms in total. The Balaban J connectivity index is 0.000000177. The number of hydrogen-bond acceptors (Lipinski definition) is 4. The Morgan fingerprint density at radius 1 is 1.17 bits per heavy atom. The first-order valence-corrected chi connectivity index (χ1v) is 8.54. The molecule has 0 unspecified atom stereocenters. The van der Waals surface area contributed by atoms with Crippen molar-refractivity contribution in [3.8, 4) is 0 Å². The van der Waals surface area contributed by atoms with E-state index in [0.717, 1.165) is 11.3 Å². The summed E-state index contributed by atoms with van der Waals surface area (Å²) in [4.78, 5) is -0.0666. The number of nitrogens with one attached hydrogen (secondary N) is 2. The van der Waals surface area contributed by atoms with Crippen molar-refractivity contribution in [2.24, 2.45) is 5.73 Å². The summed E-state index contributed by atoms with van der Waals surface area (Å²) in [5.74, 6) is -0.0427. The van der Waals surface area contributed by atoms with Crippen LogP contribution in [-0.2, 0) is 28.1 Å². The van der Waals surface area contributed by atoms with Crippen LogP contribution in [0.2, 0.25) is 0 Å². The molecule has 24 heavy (non-hydrogen) atoms. The highest BCUT2D eigenvalue weighted by molar-refractivity contribution is 7.85. The van der Waals surface area contributed by atoms with E-state index in [4.69, 9.17) is 20.4 Å². The van der Waals surface area contributed by atoms with Gasteiger partial charge in [-0.2, -0.15) is 8.42 Å². The molecule has 0 aliphatic carbocycles. The van der Waals surface area contributed by atoms with Crippen molar-refractivity contribution in [2.45, 2.75) is 25.0 Å². The SMILES string of the molecule is Cc1ccc(S(=O)(=O)O)cc1.N=C(N)Nc1ccc2c(c1)COC2. The lowest BCUT2D eigenvalue weighted by Gasteiger charge is -2.04. The predicted octanol–water partition coefficient (Wildman–Crippen LogP) is 2.26. The topological polar surface area (TPSA) is 126 Å². The third-order valence-corrected chi connectivity index (χ3v) is 4.19. The van der Waals surface area contributed by atoms with Crippen LogP contribution < -0.4 is 11.1 Å². The van der Waals surface area contributed by atoms with Gasteiger partial charge in [-0.3, -0.25) is 9.96 Å². The molecular formula is C16H19N3O4S. The molecule has 0 bridgehead atoms. The van der Waals surface area contributed by atoms with Crippen LogP contribution in [0.3, 0.4) is 0 Å². The number of aryl methyl sites for hydroxylation is 1. The molecule has 1 heterocycles. The van der Waals surface area contributed by atoms with Crippen LogP contribution in [0, 0.1) is 12.3 Å². The second kappa shape index (κ2) is 7.43. The van der Waals surface area contributed by atoms with Crippen molar-refractivity contribution in [1.82, 2.24) is 0 Å². The maximum Gasteiger partial charge on any atom is 0.294 e. The molecule has 0 saturated carbocycles. The average Bonchev–Trinajstić information content (AvgIpc) is 2.94. The van der Waals surface area contributed by atoms with Gasteiger partial charge >= 0.3 is 0 Å². The Morgan fingerprint density at radius 3 is 2.38 bits per heavy atom. The van der Waals surface area contributed by atoms with E-state index in [0.29, 0.717) is 13.2 Å². The van der Waals surface area contributed by atoms with Gasteiger partial charge in [-0.15, -0.1) is 0 Å². The summed E-state index contributed by atoms with van der Waals surface area (Å²) >= 11 is 0. The van der Waals surface area contributed by atoms with Crippen LogP contribution in [0.1, 0.15) is 16.7 Å². The second-order valence-corrected chi connectivity index (χ2v) is 6.72. The summed E-state index contributed by atoms with van der Waals surface area (Å²) in [5.41, 5.74) is 9.40. The molecule has 0 radical (unpaired) electrons. The van der Waals surface area contributed by atoms with Crippen LogP contribution in [0.25, 0.3) is 0 Å². The third-order valence-electron chi connectivity index (χ3n) is 3.32. The monoisotopic (exact) mass is 349 g/mol. The third kappa shape index (κ3) is 5.05. The Bertz CT molecular complexity index is 833. The van der Waals surface area contributed by atoms with Crippen molar-refractivity contribution in [2.75, 3.05) is 5.32 Å². The molecule has 3 rings (SSSR count). The van der Waals surface area contributed by atoms with Crippen LogP contribution in [0.5, 0.6) is 0 Å². The first-order chi connectivity index (χ1) is 11.3. The first-order valence-electron chi connectivity index (χ1n) is 7.10. The van der Waals surface area contributed by atoms with Gasteiger partial charge in [0.15, 0.2) is 5.96 Å². The highest BCUT2D eigenvalue weighted by atomic mass is 32.2. The maximum atomic E-state index is 10.5. The van der Waals surface area contributed by atoms with Crippen LogP contribution in [-0.4, -0.2) is 18.9 Å². The van der Waals surface area contributed by atoms with E-state index in [-0.39, 0.29) is 10.9 Å². The van der Waals surface area contributed by atoms with Crippen molar-refractivity contribution < 1.29 is 17.7 Å². The number of benzene rings is 2. The number of guanidine groups is 1. The Morgan fingerprint density at radius 2 is 1.79 bits per heavy atom. The zero-order chi connectivity index (χ0) is 17.7. The smallest absolute Gasteiger partial charge is 0.294 e. The highest BCUT2D eigenvalue weighted by Gasteiger charge is 2.11. The van der Waals surface area contributed by atoms with E-state index in [2.05, 4.69) is 5.32 Å². The molecule has 0 spiro atoms. The fraction of sp³-hybridized carbons (Fsp3) is 0.188. The molecule has 2 aromatic carbocycles. The van der Waals surface area contributed by atoms with Crippen molar-refractivity contribution in [3.63, 3.8) is 0 Å². The Hall–Kier alpha value is -2.42. The van der Waals surface area contributed by atoms with E-state index >= 15 is 0 Å². The lowest BCUT2D eigenvalue weighted by atomic mass is 10.1. The number of anilines is 1. The number of rotatable bonds is 2. The minimum absolute atomic E-state index is 0.0427. The molecule has 8 heteroatoms. The molecule has 0 fully saturated rings. The van der Waals surface area contributed by atoms with Gasteiger partial charge in [0.2, 0.25) is 0 Å². The summed E-state index contributed by atoms with van der Waals surface area (Å²) in [6, 6.07) is 11.8. The van der Waals surface area contributed by atoms with Gasteiger partial charge in [0.25, 0.3) is 10.1 Å². The van der Waals surface area contributed by atoms with E-state index in [1.54, 1.807) is 12.1 Å². The van der Waals surface area contributed by atoms with Crippen LogP contribution in [0.4, 0.5) is 5.69 Å². The molecule has 128 valence electrons. The number of fused-ring (bicyclic) bond motifs is 1. The van der Waals surface area contributed by atoms with Crippen LogP contribution >= 0.6 is 0 Å². The van der Waals surface area contributed by atoms with Gasteiger partial charge in [0.1, 0.15) is 0 Å². The zero-order valence-corrected chi connectivity index (χ0v) is 13.9. The molecule has 1 aliphatic heterocycles. The quantitative estimate of drug-likeness (QED) is 0.374. The van der Waals surface area contributed by atoms with Gasteiger partial charge in [0.05, 0.1) is 18.1 Å². The van der Waals surface area contributed by atoms with E-state index in [9.17, 15) is 8.42 Å². The largest absolute Gasteiger partial charge is 0.372 e. The second-order valence-electron chi connectivity index (χ2n) is 5.30. The van der Waals surface area contributed by atoms with Gasteiger partial charge in [-0.25, -0.2) is 0 Å². The van der Waals surface area contributed by atoms with Crippen molar-refractivity contribution in [1.29, 1.82) is 5.41 Å². The molecule has 0 aromatic heterocycles. The van der Waals surface area contributed by atoms with Gasteiger partial charge in [0, 0.05) is 5.69 Å². The molecule has 1 aliphatic rings. The Labute approximate surface area is 140 Å². The summed E-state index contributed by atoms with van der Waals surface area (Å²) in [7, 11) is -4.02. The fourth-order valence-corrected chi connectivity index (χ4v) is 2.60. The summed E-state index contributed by atoms with van der Waals surface area (Å²) in [6.45, 7) is 3.19. The molecule has 0 atom stereocenters. The number of hydrogen-bond donors (Lipinski definition) is 4. The normalized spacial score (nSPS) is 12.8. The molecule has 5 N–H and O–H groups in total. The van der Waals surface area contributed by atoms with Crippen molar-refractivity contribution in [3.05, 3.63) is 59.2 Å². The Kier molecular flexibility index (Phi) is 5.55.